The zero-order valence-corrected chi connectivity index (χ0v) is 12.9. The predicted octanol–water partition coefficient (Wildman–Crippen LogP) is 3.27. The summed E-state index contributed by atoms with van der Waals surface area (Å²) in [6.07, 6.45) is 2.83. The molecule has 1 amide bonds. The van der Waals surface area contributed by atoms with Gasteiger partial charge in [0.15, 0.2) is 5.58 Å². The van der Waals surface area contributed by atoms with Gasteiger partial charge in [-0.05, 0) is 36.4 Å². The number of esters is 1. The Balaban J connectivity index is 1.65. The first-order valence-corrected chi connectivity index (χ1v) is 7.19. The van der Waals surface area contributed by atoms with E-state index < -0.39 is 5.97 Å². The number of nitrogens with one attached hydrogen (secondary N) is 1. The Morgan fingerprint density at radius 1 is 1.12 bits per heavy atom. The Morgan fingerprint density at radius 2 is 1.88 bits per heavy atom. The van der Waals surface area contributed by atoms with E-state index in [1.807, 2.05) is 24.3 Å². The third-order valence-corrected chi connectivity index (χ3v) is 3.26. The molecule has 0 spiro atoms. The monoisotopic (exact) mass is 322 g/mol. The van der Waals surface area contributed by atoms with Crippen LogP contribution in [0.5, 0.6) is 0 Å². The summed E-state index contributed by atoms with van der Waals surface area (Å²) in [4.78, 5) is 27.5. The van der Waals surface area contributed by atoms with Gasteiger partial charge in [-0.3, -0.25) is 4.79 Å². The molecular weight excluding hydrogens is 308 g/mol. The second-order valence-electron chi connectivity index (χ2n) is 4.91. The number of methoxy groups -OCH3 is 1. The van der Waals surface area contributed by atoms with E-state index in [9.17, 15) is 9.59 Å². The Kier molecular flexibility index (Phi) is 4.38. The van der Waals surface area contributed by atoms with E-state index in [0.717, 1.165) is 5.52 Å². The SMILES string of the molecule is COC(=O)c1ccc(NC(=O)/C=C/c2nc3ccccc3o2)cc1. The summed E-state index contributed by atoms with van der Waals surface area (Å²) < 4.78 is 10.1. The lowest BCUT2D eigenvalue weighted by Gasteiger charge is -2.03. The number of ether oxygens (including phenoxy) is 1. The maximum absolute atomic E-state index is 11.9. The fourth-order valence-corrected chi connectivity index (χ4v) is 2.10. The van der Waals surface area contributed by atoms with Crippen LogP contribution in [-0.4, -0.2) is 24.0 Å². The molecule has 0 bridgehead atoms. The fourth-order valence-electron chi connectivity index (χ4n) is 2.10. The molecule has 0 aliphatic heterocycles. The first-order valence-electron chi connectivity index (χ1n) is 7.19. The van der Waals surface area contributed by atoms with Gasteiger partial charge in [-0.1, -0.05) is 12.1 Å². The standard InChI is InChI=1S/C18H14N2O4/c1-23-18(22)12-6-8-13(9-7-12)19-16(21)10-11-17-20-14-4-2-3-5-15(14)24-17/h2-11H,1H3,(H,19,21)/b11-10+. The average Bonchev–Trinajstić information content (AvgIpc) is 3.03. The van der Waals surface area contributed by atoms with Crippen LogP contribution in [0.25, 0.3) is 17.2 Å². The van der Waals surface area contributed by atoms with Gasteiger partial charge in [-0.15, -0.1) is 0 Å². The Hall–Kier alpha value is -3.41. The first-order chi connectivity index (χ1) is 11.7. The molecule has 0 unspecified atom stereocenters. The predicted molar refractivity (Wildman–Crippen MR) is 89.5 cm³/mol. The molecule has 0 radical (unpaired) electrons. The van der Waals surface area contributed by atoms with Crippen molar-refractivity contribution in [1.29, 1.82) is 0 Å². The molecule has 6 heteroatoms. The number of para-hydroxylation sites is 2. The molecule has 1 heterocycles. The van der Waals surface area contributed by atoms with Crippen LogP contribution in [0.1, 0.15) is 16.2 Å². The molecule has 6 nitrogen and oxygen atoms in total. The zero-order chi connectivity index (χ0) is 16.9. The van der Waals surface area contributed by atoms with E-state index in [2.05, 4.69) is 15.0 Å². The summed E-state index contributed by atoms with van der Waals surface area (Å²) in [7, 11) is 1.31. The third-order valence-electron chi connectivity index (χ3n) is 3.26. The maximum Gasteiger partial charge on any atom is 0.337 e. The smallest absolute Gasteiger partial charge is 0.337 e. The lowest BCUT2D eigenvalue weighted by atomic mass is 10.2. The Bertz CT molecular complexity index is 877. The summed E-state index contributed by atoms with van der Waals surface area (Å²) in [6.45, 7) is 0. The zero-order valence-electron chi connectivity index (χ0n) is 12.9. The van der Waals surface area contributed by atoms with E-state index in [-0.39, 0.29) is 5.91 Å². The van der Waals surface area contributed by atoms with Gasteiger partial charge >= 0.3 is 5.97 Å². The number of hydrogen-bond acceptors (Lipinski definition) is 5. The van der Waals surface area contributed by atoms with Crippen LogP contribution >= 0.6 is 0 Å². The van der Waals surface area contributed by atoms with Gasteiger partial charge in [0.05, 0.1) is 12.7 Å². The molecule has 0 aliphatic carbocycles. The number of amides is 1. The van der Waals surface area contributed by atoms with Gasteiger partial charge in [0.2, 0.25) is 11.8 Å². The number of fused-ring (bicyclic) bond motifs is 1. The van der Waals surface area contributed by atoms with Crippen LogP contribution in [0.3, 0.4) is 0 Å². The maximum atomic E-state index is 11.9. The molecule has 3 rings (SSSR count). The van der Waals surface area contributed by atoms with E-state index in [1.165, 1.54) is 19.3 Å². The molecule has 1 aromatic heterocycles. The number of aromatic nitrogens is 1. The van der Waals surface area contributed by atoms with Crippen molar-refractivity contribution >= 4 is 34.7 Å². The molecule has 120 valence electrons. The van der Waals surface area contributed by atoms with Crippen LogP contribution in [0.4, 0.5) is 5.69 Å². The average molecular weight is 322 g/mol. The highest BCUT2D eigenvalue weighted by atomic mass is 16.5. The summed E-state index contributed by atoms with van der Waals surface area (Å²) in [5.41, 5.74) is 2.37. The molecule has 0 saturated carbocycles. The Labute approximate surface area is 137 Å². The molecular formula is C18H14N2O4. The molecule has 1 N–H and O–H groups in total. The normalized spacial score (nSPS) is 10.9. The van der Waals surface area contributed by atoms with Crippen molar-refractivity contribution in [2.45, 2.75) is 0 Å². The highest BCUT2D eigenvalue weighted by Gasteiger charge is 2.06. The molecule has 0 fully saturated rings. The highest BCUT2D eigenvalue weighted by molar-refractivity contribution is 6.02. The van der Waals surface area contributed by atoms with Gasteiger partial charge < -0.3 is 14.5 Å². The first kappa shape index (κ1) is 15.5. The summed E-state index contributed by atoms with van der Waals surface area (Å²) in [6, 6.07) is 13.8. The molecule has 0 aliphatic rings. The van der Waals surface area contributed by atoms with Gasteiger partial charge in [0.25, 0.3) is 0 Å². The van der Waals surface area contributed by atoms with Crippen molar-refractivity contribution in [2.75, 3.05) is 12.4 Å². The number of anilines is 1. The second kappa shape index (κ2) is 6.78. The molecule has 0 saturated heterocycles. The van der Waals surface area contributed by atoms with E-state index in [0.29, 0.717) is 22.7 Å². The van der Waals surface area contributed by atoms with E-state index >= 15 is 0 Å². The summed E-state index contributed by atoms with van der Waals surface area (Å²) in [5.74, 6) is -0.404. The van der Waals surface area contributed by atoms with Crippen molar-refractivity contribution in [1.82, 2.24) is 4.98 Å². The number of carbonyl (C=O) groups excluding carboxylic acids is 2. The van der Waals surface area contributed by atoms with Crippen molar-refractivity contribution in [3.8, 4) is 0 Å². The molecule has 24 heavy (non-hydrogen) atoms. The highest BCUT2D eigenvalue weighted by Crippen LogP contribution is 2.15. The number of benzene rings is 2. The van der Waals surface area contributed by atoms with Gasteiger partial charge in [0.1, 0.15) is 5.52 Å². The van der Waals surface area contributed by atoms with Crippen LogP contribution in [0, 0.1) is 0 Å². The van der Waals surface area contributed by atoms with Crippen LogP contribution in [-0.2, 0) is 9.53 Å². The van der Waals surface area contributed by atoms with Crippen molar-refractivity contribution in [3.63, 3.8) is 0 Å². The quantitative estimate of drug-likeness (QED) is 0.589. The lowest BCUT2D eigenvalue weighted by molar-refractivity contribution is -0.111. The van der Waals surface area contributed by atoms with Gasteiger partial charge in [-0.25, -0.2) is 9.78 Å². The number of hydrogen-bond donors (Lipinski definition) is 1. The molecule has 3 aromatic rings. The van der Waals surface area contributed by atoms with Crippen LogP contribution < -0.4 is 5.32 Å². The number of nitrogens with zero attached hydrogens (tertiary/aromatic N) is 1. The topological polar surface area (TPSA) is 81.4 Å². The number of oxazole rings is 1. The minimum Gasteiger partial charge on any atom is -0.465 e. The van der Waals surface area contributed by atoms with E-state index in [4.69, 9.17) is 4.42 Å². The number of carbonyl (C=O) groups is 2. The minimum absolute atomic E-state index is 0.330. The lowest BCUT2D eigenvalue weighted by Crippen LogP contribution is -2.08. The van der Waals surface area contributed by atoms with Crippen molar-refractivity contribution < 1.29 is 18.7 Å². The second-order valence-corrected chi connectivity index (χ2v) is 4.91. The summed E-state index contributed by atoms with van der Waals surface area (Å²) >= 11 is 0. The van der Waals surface area contributed by atoms with Gasteiger partial charge in [-0.2, -0.15) is 0 Å². The fraction of sp³-hybridized carbons (Fsp3) is 0.0556. The van der Waals surface area contributed by atoms with Crippen LogP contribution in [0.2, 0.25) is 0 Å². The Morgan fingerprint density at radius 3 is 2.58 bits per heavy atom. The summed E-state index contributed by atoms with van der Waals surface area (Å²) in [5, 5.41) is 2.68. The largest absolute Gasteiger partial charge is 0.465 e. The van der Waals surface area contributed by atoms with Crippen LogP contribution in [0.15, 0.2) is 59.0 Å². The third kappa shape index (κ3) is 3.49. The van der Waals surface area contributed by atoms with Gasteiger partial charge in [0, 0.05) is 17.8 Å². The van der Waals surface area contributed by atoms with Crippen molar-refractivity contribution in [3.05, 3.63) is 66.1 Å². The minimum atomic E-state index is -0.427. The molecule has 2 aromatic carbocycles. The van der Waals surface area contributed by atoms with Crippen molar-refractivity contribution in [2.24, 2.45) is 0 Å². The van der Waals surface area contributed by atoms with E-state index in [1.54, 1.807) is 24.3 Å². The molecule has 0 atom stereocenters. The number of rotatable bonds is 4.